The average Bonchev–Trinajstić information content (AvgIpc) is 2.79. The van der Waals surface area contributed by atoms with Crippen LogP contribution in [0.15, 0.2) is 24.3 Å². The van der Waals surface area contributed by atoms with Crippen LogP contribution in [0, 0.1) is 47.0 Å². The fraction of sp³-hybridized carbons (Fsp3) is 0.444. The van der Waals surface area contributed by atoms with E-state index in [1.54, 1.807) is 13.8 Å². The Kier molecular flexibility index (Phi) is 9.74. The normalized spacial score (nSPS) is 13.0. The molecule has 0 heterocycles. The summed E-state index contributed by atoms with van der Waals surface area (Å²) in [7, 11) is -6.16. The van der Waals surface area contributed by atoms with Gasteiger partial charge in [0.05, 0.1) is 0 Å². The summed E-state index contributed by atoms with van der Waals surface area (Å²) in [6.07, 6.45) is -13.4. The minimum absolute atomic E-state index is 0.242. The van der Waals surface area contributed by atoms with Gasteiger partial charge < -0.3 is 14.2 Å². The Balaban J connectivity index is 2.80. The Labute approximate surface area is 242 Å². The van der Waals surface area contributed by atoms with Gasteiger partial charge in [0.25, 0.3) is 15.5 Å². The van der Waals surface area contributed by atoms with E-state index in [4.69, 9.17) is 14.0 Å². The number of benzene rings is 2. The lowest BCUT2D eigenvalue weighted by molar-refractivity contribution is -0.362. The molecule has 0 bridgehead atoms. The monoisotopic (exact) mass is 642 g/mol. The molecule has 0 aromatic heterocycles. The molecule has 0 atom stereocenters. The lowest BCUT2D eigenvalue weighted by Gasteiger charge is -2.37. The first-order chi connectivity index (χ1) is 19.3. The minimum atomic E-state index is -6.72. The zero-order valence-corrected chi connectivity index (χ0v) is 24.7. The van der Waals surface area contributed by atoms with Gasteiger partial charge in [0.15, 0.2) is 0 Å². The van der Waals surface area contributed by atoms with Gasteiger partial charge >= 0.3 is 35.9 Å². The Bertz CT molecular complexity index is 1430. The topological polar surface area (TPSA) is 133 Å². The van der Waals surface area contributed by atoms with E-state index in [0.717, 1.165) is 0 Å². The van der Waals surface area contributed by atoms with Gasteiger partial charge in [0.1, 0.15) is 17.3 Å². The Hall–Kier alpha value is -3.66. The fourth-order valence-corrected chi connectivity index (χ4v) is 5.18. The number of hydrogen-bond acceptors (Lipinski definition) is 8. The molecule has 2 rings (SSSR count). The predicted octanol–water partition coefficient (Wildman–Crippen LogP) is 5.35. The van der Waals surface area contributed by atoms with E-state index in [9.17, 15) is 49.1 Å². The highest BCUT2D eigenvalue weighted by Gasteiger charge is 2.77. The smallest absolute Gasteiger partial charge is 0.437 e. The van der Waals surface area contributed by atoms with Crippen molar-refractivity contribution in [3.63, 3.8) is 0 Å². The molecule has 16 heteroatoms. The lowest BCUT2D eigenvalue weighted by atomic mass is 9.89. The third-order valence-electron chi connectivity index (χ3n) is 6.39. The molecule has 0 aliphatic carbocycles. The highest BCUT2D eigenvalue weighted by atomic mass is 32.2. The minimum Gasteiger partial charge on any atom is -0.437 e. The van der Waals surface area contributed by atoms with Gasteiger partial charge in [0, 0.05) is 0 Å². The molecular formula is C27H28F6O9S. The summed E-state index contributed by atoms with van der Waals surface area (Å²) >= 11 is 0. The molecular weight excluding hydrogens is 614 g/mol. The third-order valence-corrected chi connectivity index (χ3v) is 7.16. The maximum Gasteiger partial charge on any atom is 0.438 e. The maximum absolute atomic E-state index is 13.9. The molecule has 0 radical (unpaired) electrons. The maximum atomic E-state index is 13.9. The summed E-state index contributed by atoms with van der Waals surface area (Å²) in [5.41, 5.74) is -7.29. The summed E-state index contributed by atoms with van der Waals surface area (Å²) in [6.45, 7) is 9.36. The van der Waals surface area contributed by atoms with E-state index >= 15 is 0 Å². The van der Waals surface area contributed by atoms with Crippen molar-refractivity contribution < 1.29 is 67.9 Å². The molecule has 0 spiro atoms. The molecule has 2 aromatic rings. The van der Waals surface area contributed by atoms with Crippen molar-refractivity contribution in [3.8, 4) is 11.5 Å². The summed E-state index contributed by atoms with van der Waals surface area (Å²) in [5.74, 6) is -10.6. The summed E-state index contributed by atoms with van der Waals surface area (Å²) in [4.78, 5) is 40.1. The van der Waals surface area contributed by atoms with Crippen LogP contribution in [-0.4, -0.2) is 54.6 Å². The van der Waals surface area contributed by atoms with Crippen molar-refractivity contribution in [1.82, 2.24) is 0 Å². The number of carbonyl (C=O) groups is 3. The van der Waals surface area contributed by atoms with Crippen molar-refractivity contribution in [2.24, 2.45) is 5.41 Å². The average molecular weight is 643 g/mol. The number of ether oxygens (including phenoxy) is 3. The molecule has 43 heavy (non-hydrogen) atoms. The van der Waals surface area contributed by atoms with E-state index in [1.807, 2.05) is 0 Å². The molecule has 9 nitrogen and oxygen atoms in total. The van der Waals surface area contributed by atoms with Crippen LogP contribution in [-0.2, 0) is 29.2 Å². The number of rotatable bonds is 8. The summed E-state index contributed by atoms with van der Waals surface area (Å²) in [5, 5.41) is 0. The quantitative estimate of drug-likeness (QED) is 0.133. The fourth-order valence-electron chi connectivity index (χ4n) is 4.28. The second-order valence-corrected chi connectivity index (χ2v) is 11.8. The van der Waals surface area contributed by atoms with Crippen LogP contribution in [0.25, 0.3) is 0 Å². The standard InChI is InChI=1S/C27H28F6O9S/c1-13-8-15(3)19(16(4)9-13)40-21(34)24(7,22(35)41-20-17(5)10-14(2)11-18(20)6)23(36)42-25(26(28,29)30,27(31,32)33)12-43(37,38)39/h8-11H,12H2,1-7H3,(H,37,38,39). The summed E-state index contributed by atoms with van der Waals surface area (Å²) < 4.78 is 129. The Morgan fingerprint density at radius 1 is 0.674 bits per heavy atom. The van der Waals surface area contributed by atoms with Crippen LogP contribution in [0.5, 0.6) is 11.5 Å². The number of carbonyl (C=O) groups excluding carboxylic acids is 3. The van der Waals surface area contributed by atoms with E-state index < -0.39 is 57.1 Å². The third kappa shape index (κ3) is 7.29. The highest BCUT2D eigenvalue weighted by Crippen LogP contribution is 2.48. The number of hydrogen-bond donors (Lipinski definition) is 1. The molecule has 0 aliphatic rings. The molecule has 0 amide bonds. The molecule has 0 fully saturated rings. The zero-order valence-electron chi connectivity index (χ0n) is 23.9. The first kappa shape index (κ1) is 35.5. The molecule has 0 unspecified atom stereocenters. The Morgan fingerprint density at radius 2 is 0.977 bits per heavy atom. The van der Waals surface area contributed by atoms with Crippen LogP contribution in [0.2, 0.25) is 0 Å². The number of aryl methyl sites for hydroxylation is 6. The largest absolute Gasteiger partial charge is 0.438 e. The number of esters is 3. The van der Waals surface area contributed by atoms with Gasteiger partial charge in [-0.3, -0.25) is 9.35 Å². The van der Waals surface area contributed by atoms with Gasteiger partial charge in [-0.25, -0.2) is 9.59 Å². The Morgan fingerprint density at radius 3 is 1.23 bits per heavy atom. The molecule has 2 aromatic carbocycles. The van der Waals surface area contributed by atoms with Gasteiger partial charge in [-0.1, -0.05) is 35.4 Å². The van der Waals surface area contributed by atoms with Crippen molar-refractivity contribution in [2.75, 3.05) is 5.75 Å². The van der Waals surface area contributed by atoms with Crippen molar-refractivity contribution in [3.05, 3.63) is 57.6 Å². The van der Waals surface area contributed by atoms with Gasteiger partial charge in [-0.2, -0.15) is 34.8 Å². The van der Waals surface area contributed by atoms with E-state index in [1.165, 1.54) is 52.0 Å². The van der Waals surface area contributed by atoms with E-state index in [-0.39, 0.29) is 33.8 Å². The first-order valence-electron chi connectivity index (χ1n) is 12.2. The first-order valence-corrected chi connectivity index (χ1v) is 13.8. The lowest BCUT2D eigenvalue weighted by Crippen LogP contribution is -2.65. The molecule has 0 saturated carbocycles. The van der Waals surface area contributed by atoms with Gasteiger partial charge in [-0.05, 0) is 70.7 Å². The van der Waals surface area contributed by atoms with E-state index in [0.29, 0.717) is 18.1 Å². The van der Waals surface area contributed by atoms with Crippen LogP contribution in [0.3, 0.4) is 0 Å². The molecule has 0 saturated heterocycles. The zero-order chi connectivity index (χ0) is 33.5. The van der Waals surface area contributed by atoms with Crippen LogP contribution in [0.4, 0.5) is 26.3 Å². The second-order valence-electron chi connectivity index (χ2n) is 10.3. The number of alkyl halides is 6. The SMILES string of the molecule is Cc1cc(C)c(OC(=O)C(C)(C(=O)Oc2c(C)cc(C)cc2C)C(=O)OC(CS(=O)(=O)O)(C(F)(F)F)C(F)(F)F)c(C)c1. The van der Waals surface area contributed by atoms with Crippen molar-refractivity contribution >= 4 is 28.0 Å². The molecule has 238 valence electrons. The summed E-state index contributed by atoms with van der Waals surface area (Å²) in [6, 6.07) is 5.97. The van der Waals surface area contributed by atoms with Crippen LogP contribution >= 0.6 is 0 Å². The van der Waals surface area contributed by atoms with Crippen molar-refractivity contribution in [2.45, 2.75) is 66.4 Å². The molecule has 1 N–H and O–H groups in total. The highest BCUT2D eigenvalue weighted by molar-refractivity contribution is 7.85. The van der Waals surface area contributed by atoms with Gasteiger partial charge in [0.2, 0.25) is 0 Å². The van der Waals surface area contributed by atoms with Crippen LogP contribution in [0.1, 0.15) is 40.3 Å². The second kappa shape index (κ2) is 11.8. The van der Waals surface area contributed by atoms with Crippen molar-refractivity contribution in [1.29, 1.82) is 0 Å². The predicted molar refractivity (Wildman–Crippen MR) is 138 cm³/mol. The number of halogens is 6. The van der Waals surface area contributed by atoms with E-state index in [2.05, 4.69) is 4.74 Å². The van der Waals surface area contributed by atoms with Gasteiger partial charge in [-0.15, -0.1) is 0 Å². The molecule has 0 aliphatic heterocycles. The van der Waals surface area contributed by atoms with Crippen LogP contribution < -0.4 is 9.47 Å².